The highest BCUT2D eigenvalue weighted by molar-refractivity contribution is 7.09. The van der Waals surface area contributed by atoms with E-state index in [-0.39, 0.29) is 0 Å². The van der Waals surface area contributed by atoms with Crippen LogP contribution in [0.25, 0.3) is 0 Å². The van der Waals surface area contributed by atoms with Crippen molar-refractivity contribution in [2.75, 3.05) is 0 Å². The Hall–Kier alpha value is -1.23. The number of thiazole rings is 1. The van der Waals surface area contributed by atoms with Crippen LogP contribution in [0.1, 0.15) is 17.8 Å². The van der Waals surface area contributed by atoms with Crippen LogP contribution in [0.15, 0.2) is 17.9 Å². The normalized spacial score (nSPS) is 10.5. The molecule has 4 nitrogen and oxygen atoms in total. The van der Waals surface area contributed by atoms with E-state index in [1.807, 2.05) is 17.0 Å². The molecule has 0 aromatic carbocycles. The molecule has 0 spiro atoms. The van der Waals surface area contributed by atoms with E-state index >= 15 is 0 Å². The summed E-state index contributed by atoms with van der Waals surface area (Å²) >= 11 is 1.63. The molecule has 68 valence electrons. The van der Waals surface area contributed by atoms with Crippen molar-refractivity contribution in [1.29, 1.82) is 0 Å². The van der Waals surface area contributed by atoms with E-state index in [0.29, 0.717) is 0 Å². The first-order chi connectivity index (χ1) is 6.38. The second-order valence-corrected chi connectivity index (χ2v) is 3.62. The molecule has 2 aromatic rings. The molecule has 2 heterocycles. The van der Waals surface area contributed by atoms with Gasteiger partial charge in [0.05, 0.1) is 6.54 Å². The van der Waals surface area contributed by atoms with Gasteiger partial charge in [-0.15, -0.1) is 11.3 Å². The van der Waals surface area contributed by atoms with Crippen molar-refractivity contribution >= 4 is 11.3 Å². The molecule has 0 amide bonds. The number of aromatic nitrogens is 4. The zero-order chi connectivity index (χ0) is 9.10. The second-order valence-electron chi connectivity index (χ2n) is 2.64. The van der Waals surface area contributed by atoms with Gasteiger partial charge in [-0.05, 0) is 0 Å². The minimum Gasteiger partial charge on any atom is -0.248 e. The van der Waals surface area contributed by atoms with Crippen LogP contribution >= 0.6 is 11.3 Å². The Morgan fingerprint density at radius 1 is 1.46 bits per heavy atom. The van der Waals surface area contributed by atoms with E-state index in [9.17, 15) is 0 Å². The average molecular weight is 194 g/mol. The van der Waals surface area contributed by atoms with Crippen LogP contribution in [-0.2, 0) is 13.0 Å². The highest BCUT2D eigenvalue weighted by Crippen LogP contribution is 2.05. The standard InChI is InChI=1S/C8H10N4S/c1-2-7-10-6-12(11-7)5-8-9-3-4-13-8/h3-4,6H,2,5H2,1H3. The molecule has 0 aliphatic heterocycles. The topological polar surface area (TPSA) is 43.6 Å². The Kier molecular flexibility index (Phi) is 2.35. The van der Waals surface area contributed by atoms with Gasteiger partial charge in [-0.2, -0.15) is 5.10 Å². The van der Waals surface area contributed by atoms with E-state index in [2.05, 4.69) is 15.1 Å². The number of aryl methyl sites for hydroxylation is 1. The minimum absolute atomic E-state index is 0.727. The molecule has 0 radical (unpaired) electrons. The molecule has 0 unspecified atom stereocenters. The monoisotopic (exact) mass is 194 g/mol. The lowest BCUT2D eigenvalue weighted by atomic mass is 10.5. The van der Waals surface area contributed by atoms with Gasteiger partial charge >= 0.3 is 0 Å². The Balaban J connectivity index is 2.10. The first-order valence-electron chi connectivity index (χ1n) is 4.15. The fourth-order valence-electron chi connectivity index (χ4n) is 1.04. The summed E-state index contributed by atoms with van der Waals surface area (Å²) in [4.78, 5) is 8.32. The van der Waals surface area contributed by atoms with Crippen LogP contribution in [0.5, 0.6) is 0 Å². The minimum atomic E-state index is 0.727. The second kappa shape index (κ2) is 3.66. The van der Waals surface area contributed by atoms with E-state index in [1.54, 1.807) is 23.9 Å². The molecule has 0 saturated heterocycles. The predicted octanol–water partition coefficient (Wildman–Crippen LogP) is 1.35. The van der Waals surface area contributed by atoms with Crippen molar-refractivity contribution in [3.63, 3.8) is 0 Å². The molecule has 0 bridgehead atoms. The lowest BCUT2D eigenvalue weighted by Gasteiger charge is -1.94. The van der Waals surface area contributed by atoms with Gasteiger partial charge in [-0.1, -0.05) is 6.92 Å². The van der Waals surface area contributed by atoms with E-state index in [1.165, 1.54) is 0 Å². The summed E-state index contributed by atoms with van der Waals surface area (Å²) in [6.07, 6.45) is 4.43. The van der Waals surface area contributed by atoms with Crippen molar-refractivity contribution < 1.29 is 0 Å². The SMILES string of the molecule is CCc1ncn(Cc2nccs2)n1. The van der Waals surface area contributed by atoms with Crippen LogP contribution in [-0.4, -0.2) is 19.7 Å². The summed E-state index contributed by atoms with van der Waals surface area (Å²) in [5.41, 5.74) is 0. The highest BCUT2D eigenvalue weighted by Gasteiger charge is 2.00. The molecule has 2 rings (SSSR count). The lowest BCUT2D eigenvalue weighted by molar-refractivity contribution is 0.670. The fourth-order valence-corrected chi connectivity index (χ4v) is 1.65. The maximum atomic E-state index is 4.28. The van der Waals surface area contributed by atoms with Crippen molar-refractivity contribution in [3.05, 3.63) is 28.7 Å². The molecule has 0 aliphatic carbocycles. The number of nitrogens with zero attached hydrogens (tertiary/aromatic N) is 4. The van der Waals surface area contributed by atoms with Gasteiger partial charge in [0.25, 0.3) is 0 Å². The van der Waals surface area contributed by atoms with Crippen molar-refractivity contribution in [2.45, 2.75) is 19.9 Å². The van der Waals surface area contributed by atoms with E-state index in [4.69, 9.17) is 0 Å². The third kappa shape index (κ3) is 1.92. The Morgan fingerprint density at radius 3 is 3.00 bits per heavy atom. The van der Waals surface area contributed by atoms with E-state index < -0.39 is 0 Å². The quantitative estimate of drug-likeness (QED) is 0.740. The third-order valence-electron chi connectivity index (χ3n) is 1.68. The highest BCUT2D eigenvalue weighted by atomic mass is 32.1. The number of rotatable bonds is 3. The molecule has 0 aliphatic rings. The van der Waals surface area contributed by atoms with Gasteiger partial charge in [0.2, 0.25) is 0 Å². The van der Waals surface area contributed by atoms with Crippen LogP contribution in [0.4, 0.5) is 0 Å². The predicted molar refractivity (Wildman–Crippen MR) is 50.6 cm³/mol. The Labute approximate surface area is 80.3 Å². The first kappa shape index (κ1) is 8.37. The molecule has 0 fully saturated rings. The molecular formula is C8H10N4S. The summed E-state index contributed by atoms with van der Waals surface area (Å²) < 4.78 is 1.82. The van der Waals surface area contributed by atoms with Gasteiger partial charge in [0.15, 0.2) is 0 Å². The molecule has 0 N–H and O–H groups in total. The van der Waals surface area contributed by atoms with Gasteiger partial charge in [0.1, 0.15) is 17.2 Å². The summed E-state index contributed by atoms with van der Waals surface area (Å²) in [6, 6.07) is 0. The summed E-state index contributed by atoms with van der Waals surface area (Å²) in [5, 5.41) is 7.30. The molecule has 13 heavy (non-hydrogen) atoms. The first-order valence-corrected chi connectivity index (χ1v) is 5.03. The Bertz CT molecular complexity index is 365. The van der Waals surface area contributed by atoms with Crippen LogP contribution in [0.2, 0.25) is 0 Å². The molecule has 0 saturated carbocycles. The van der Waals surface area contributed by atoms with Gasteiger partial charge in [-0.25, -0.2) is 14.6 Å². The van der Waals surface area contributed by atoms with Gasteiger partial charge < -0.3 is 0 Å². The summed E-state index contributed by atoms with van der Waals surface area (Å²) in [7, 11) is 0. The zero-order valence-electron chi connectivity index (χ0n) is 7.34. The van der Waals surface area contributed by atoms with Crippen molar-refractivity contribution in [2.24, 2.45) is 0 Å². The largest absolute Gasteiger partial charge is 0.248 e. The van der Waals surface area contributed by atoms with Gasteiger partial charge in [-0.3, -0.25) is 0 Å². The van der Waals surface area contributed by atoms with Crippen LogP contribution < -0.4 is 0 Å². The molecule has 0 atom stereocenters. The average Bonchev–Trinajstić information content (AvgIpc) is 2.76. The molecular weight excluding hydrogens is 184 g/mol. The third-order valence-corrected chi connectivity index (χ3v) is 2.45. The number of hydrogen-bond acceptors (Lipinski definition) is 4. The van der Waals surface area contributed by atoms with E-state index in [0.717, 1.165) is 23.8 Å². The Morgan fingerprint density at radius 2 is 2.38 bits per heavy atom. The maximum Gasteiger partial charge on any atom is 0.150 e. The van der Waals surface area contributed by atoms with Crippen LogP contribution in [0, 0.1) is 0 Å². The smallest absolute Gasteiger partial charge is 0.150 e. The summed E-state index contributed by atoms with van der Waals surface area (Å²) in [6.45, 7) is 2.77. The lowest BCUT2D eigenvalue weighted by Crippen LogP contribution is -2.00. The summed E-state index contributed by atoms with van der Waals surface area (Å²) in [5.74, 6) is 0.886. The van der Waals surface area contributed by atoms with Crippen LogP contribution in [0.3, 0.4) is 0 Å². The maximum absolute atomic E-state index is 4.28. The zero-order valence-corrected chi connectivity index (χ0v) is 8.16. The van der Waals surface area contributed by atoms with Gasteiger partial charge in [0, 0.05) is 18.0 Å². The molecule has 5 heteroatoms. The fraction of sp³-hybridized carbons (Fsp3) is 0.375. The molecule has 2 aromatic heterocycles. The van der Waals surface area contributed by atoms with Crippen molar-refractivity contribution in [3.8, 4) is 0 Å². The van der Waals surface area contributed by atoms with Crippen molar-refractivity contribution in [1.82, 2.24) is 19.7 Å². The number of hydrogen-bond donors (Lipinski definition) is 0.